The van der Waals surface area contributed by atoms with E-state index in [1.54, 1.807) is 27.8 Å². The highest BCUT2D eigenvalue weighted by molar-refractivity contribution is 5.92. The van der Waals surface area contributed by atoms with Crippen LogP contribution in [0.1, 0.15) is 48.0 Å². The molecule has 1 saturated heterocycles. The molecule has 0 aromatic rings. The Morgan fingerprint density at radius 2 is 1.65 bits per heavy atom. The number of methoxy groups -OCH3 is 1. The van der Waals surface area contributed by atoms with Gasteiger partial charge in [-0.05, 0) is 20.8 Å². The molecule has 1 heterocycles. The molecular weight excluding hydrogens is 300 g/mol. The maximum atomic E-state index is 12.7. The van der Waals surface area contributed by atoms with E-state index in [0.717, 1.165) is 0 Å². The predicted octanol–water partition coefficient (Wildman–Crippen LogP) is 2.00. The van der Waals surface area contributed by atoms with E-state index in [1.807, 2.05) is 20.8 Å². The van der Waals surface area contributed by atoms with Crippen LogP contribution in [0.3, 0.4) is 0 Å². The standard InChI is InChI=1S/C16H28N2O5/c1-15(2,3)13-17(7)12(20)10(9-11(19)22-8)18(13)14(21)23-16(4,5)6/h10,13H,9H2,1-8H3/t10-,13-/m0/s1. The first kappa shape index (κ1) is 19.3. The van der Waals surface area contributed by atoms with Gasteiger partial charge in [-0.15, -0.1) is 0 Å². The van der Waals surface area contributed by atoms with Crippen LogP contribution in [-0.4, -0.2) is 59.7 Å². The number of hydrogen-bond donors (Lipinski definition) is 0. The molecule has 0 aliphatic carbocycles. The molecule has 0 bridgehead atoms. The summed E-state index contributed by atoms with van der Waals surface area (Å²) in [6.07, 6.45) is -1.30. The average molecular weight is 328 g/mol. The van der Waals surface area contributed by atoms with Crippen LogP contribution < -0.4 is 0 Å². The van der Waals surface area contributed by atoms with E-state index in [0.29, 0.717) is 0 Å². The minimum atomic E-state index is -0.911. The maximum Gasteiger partial charge on any atom is 0.412 e. The first-order valence-corrected chi connectivity index (χ1v) is 7.64. The van der Waals surface area contributed by atoms with Gasteiger partial charge in [0.05, 0.1) is 13.5 Å². The van der Waals surface area contributed by atoms with Crippen molar-refractivity contribution >= 4 is 18.0 Å². The van der Waals surface area contributed by atoms with Gasteiger partial charge in [0.1, 0.15) is 17.8 Å². The summed E-state index contributed by atoms with van der Waals surface area (Å²) in [6, 6.07) is -0.911. The summed E-state index contributed by atoms with van der Waals surface area (Å²) in [4.78, 5) is 39.7. The number of carbonyl (C=O) groups excluding carboxylic acids is 3. The molecule has 2 amide bonds. The molecule has 1 rings (SSSR count). The highest BCUT2D eigenvalue weighted by Gasteiger charge is 2.53. The van der Waals surface area contributed by atoms with E-state index in [2.05, 4.69) is 4.74 Å². The summed E-state index contributed by atoms with van der Waals surface area (Å²) < 4.78 is 10.1. The Morgan fingerprint density at radius 1 is 1.13 bits per heavy atom. The fourth-order valence-corrected chi connectivity index (χ4v) is 2.80. The van der Waals surface area contributed by atoms with E-state index in [-0.39, 0.29) is 12.3 Å². The van der Waals surface area contributed by atoms with Gasteiger partial charge in [-0.3, -0.25) is 14.5 Å². The topological polar surface area (TPSA) is 76.2 Å². The molecule has 0 radical (unpaired) electrons. The fourth-order valence-electron chi connectivity index (χ4n) is 2.80. The van der Waals surface area contributed by atoms with Gasteiger partial charge in [0.2, 0.25) is 5.91 Å². The van der Waals surface area contributed by atoms with Crippen LogP contribution in [0.5, 0.6) is 0 Å². The molecule has 7 heteroatoms. The fraction of sp³-hybridized carbons (Fsp3) is 0.812. The summed E-state index contributed by atoms with van der Waals surface area (Å²) in [5, 5.41) is 0. The average Bonchev–Trinajstić information content (AvgIpc) is 2.61. The molecule has 2 atom stereocenters. The van der Waals surface area contributed by atoms with Crippen molar-refractivity contribution in [2.45, 2.75) is 65.8 Å². The summed E-state index contributed by atoms with van der Waals surface area (Å²) in [5.41, 5.74) is -1.09. The second-order valence-electron chi connectivity index (χ2n) is 7.87. The normalized spacial score (nSPS) is 22.3. The van der Waals surface area contributed by atoms with Crippen molar-refractivity contribution in [2.24, 2.45) is 5.41 Å². The Labute approximate surface area is 137 Å². The van der Waals surface area contributed by atoms with Gasteiger partial charge >= 0.3 is 12.1 Å². The number of carbonyl (C=O) groups is 3. The molecule has 7 nitrogen and oxygen atoms in total. The van der Waals surface area contributed by atoms with Gasteiger partial charge in [-0.1, -0.05) is 20.8 Å². The Balaban J connectivity index is 3.23. The zero-order valence-electron chi connectivity index (χ0n) is 15.3. The molecule has 0 saturated carbocycles. The second kappa shape index (κ2) is 6.37. The van der Waals surface area contributed by atoms with Gasteiger partial charge in [0.15, 0.2) is 0 Å². The van der Waals surface area contributed by atoms with E-state index in [1.165, 1.54) is 16.9 Å². The number of ether oxygens (including phenoxy) is 2. The van der Waals surface area contributed by atoms with E-state index >= 15 is 0 Å². The molecule has 1 aliphatic rings. The van der Waals surface area contributed by atoms with Crippen molar-refractivity contribution in [3.8, 4) is 0 Å². The minimum Gasteiger partial charge on any atom is -0.469 e. The quantitative estimate of drug-likeness (QED) is 0.725. The largest absolute Gasteiger partial charge is 0.469 e. The number of esters is 1. The third kappa shape index (κ3) is 4.36. The molecule has 0 spiro atoms. The third-order valence-electron chi connectivity index (χ3n) is 3.57. The Kier molecular flexibility index (Phi) is 5.34. The van der Waals surface area contributed by atoms with Crippen LogP contribution in [0.15, 0.2) is 0 Å². The lowest BCUT2D eigenvalue weighted by Gasteiger charge is -2.39. The lowest BCUT2D eigenvalue weighted by molar-refractivity contribution is -0.144. The maximum absolute atomic E-state index is 12.7. The van der Waals surface area contributed by atoms with E-state index < -0.39 is 35.3 Å². The van der Waals surface area contributed by atoms with Crippen molar-refractivity contribution in [3.63, 3.8) is 0 Å². The van der Waals surface area contributed by atoms with E-state index in [4.69, 9.17) is 4.74 Å². The van der Waals surface area contributed by atoms with Crippen LogP contribution in [0.4, 0.5) is 4.79 Å². The zero-order valence-corrected chi connectivity index (χ0v) is 15.3. The third-order valence-corrected chi connectivity index (χ3v) is 3.57. The van der Waals surface area contributed by atoms with Gasteiger partial charge in [0, 0.05) is 12.5 Å². The highest BCUT2D eigenvalue weighted by atomic mass is 16.6. The monoisotopic (exact) mass is 328 g/mol. The summed E-state index contributed by atoms with van der Waals surface area (Å²) in [6.45, 7) is 11.1. The Hall–Kier alpha value is -1.79. The number of rotatable bonds is 2. The molecular formula is C16H28N2O5. The van der Waals surface area contributed by atoms with Crippen LogP contribution in [0.2, 0.25) is 0 Å². The van der Waals surface area contributed by atoms with Crippen molar-refractivity contribution in [3.05, 3.63) is 0 Å². The number of amides is 2. The molecule has 132 valence electrons. The van der Waals surface area contributed by atoms with Crippen LogP contribution in [-0.2, 0) is 19.1 Å². The summed E-state index contributed by atoms with van der Waals surface area (Å²) in [7, 11) is 2.89. The van der Waals surface area contributed by atoms with Crippen molar-refractivity contribution in [1.82, 2.24) is 9.80 Å². The number of nitrogens with zero attached hydrogens (tertiary/aromatic N) is 2. The van der Waals surface area contributed by atoms with Crippen molar-refractivity contribution in [2.75, 3.05) is 14.2 Å². The number of hydrogen-bond acceptors (Lipinski definition) is 5. The Bertz CT molecular complexity index is 490. The van der Waals surface area contributed by atoms with Crippen LogP contribution >= 0.6 is 0 Å². The first-order chi connectivity index (χ1) is 10.3. The number of likely N-dealkylation sites (N-methyl/N-ethyl adjacent to an activating group) is 1. The summed E-state index contributed by atoms with van der Waals surface area (Å²) in [5.74, 6) is -0.832. The van der Waals surface area contributed by atoms with Gasteiger partial charge < -0.3 is 14.4 Å². The first-order valence-electron chi connectivity index (χ1n) is 7.64. The molecule has 0 N–H and O–H groups in total. The molecule has 1 aliphatic heterocycles. The van der Waals surface area contributed by atoms with Gasteiger partial charge in [-0.25, -0.2) is 4.79 Å². The van der Waals surface area contributed by atoms with Gasteiger partial charge in [0.25, 0.3) is 0 Å². The SMILES string of the molecule is COC(=O)C[C@H]1C(=O)N(C)[C@H](C(C)(C)C)N1C(=O)OC(C)(C)C. The smallest absolute Gasteiger partial charge is 0.412 e. The van der Waals surface area contributed by atoms with Gasteiger partial charge in [-0.2, -0.15) is 0 Å². The van der Waals surface area contributed by atoms with Crippen molar-refractivity contribution in [1.29, 1.82) is 0 Å². The molecule has 0 aromatic heterocycles. The van der Waals surface area contributed by atoms with E-state index in [9.17, 15) is 14.4 Å². The molecule has 0 unspecified atom stereocenters. The predicted molar refractivity (Wildman–Crippen MR) is 84.5 cm³/mol. The zero-order chi connectivity index (χ0) is 18.2. The molecule has 0 aromatic carbocycles. The second-order valence-corrected chi connectivity index (χ2v) is 7.87. The van der Waals surface area contributed by atoms with Crippen LogP contribution in [0.25, 0.3) is 0 Å². The minimum absolute atomic E-state index is 0.189. The lowest BCUT2D eigenvalue weighted by atomic mass is 9.91. The van der Waals surface area contributed by atoms with Crippen LogP contribution in [0, 0.1) is 5.41 Å². The highest BCUT2D eigenvalue weighted by Crippen LogP contribution is 2.36. The Morgan fingerprint density at radius 3 is 2.04 bits per heavy atom. The van der Waals surface area contributed by atoms with Crippen molar-refractivity contribution < 1.29 is 23.9 Å². The molecule has 1 fully saturated rings. The lowest BCUT2D eigenvalue weighted by Crippen LogP contribution is -2.52. The summed E-state index contributed by atoms with van der Waals surface area (Å²) >= 11 is 0. The molecule has 23 heavy (non-hydrogen) atoms.